The van der Waals surface area contributed by atoms with E-state index >= 15 is 0 Å². The third-order valence-corrected chi connectivity index (χ3v) is 3.34. The Bertz CT molecular complexity index is 563. The summed E-state index contributed by atoms with van der Waals surface area (Å²) in [5.41, 5.74) is 0.748. The fourth-order valence-corrected chi connectivity index (χ4v) is 2.12. The summed E-state index contributed by atoms with van der Waals surface area (Å²) in [6, 6.07) is 6.96. The Morgan fingerprint density at radius 3 is 2.25 bits per heavy atom. The molecule has 2 atom stereocenters. The number of hydrogen-bond acceptors (Lipinski definition) is 4. The first-order chi connectivity index (χ1) is 11.3. The van der Waals surface area contributed by atoms with E-state index in [1.54, 1.807) is 37.3 Å². The maximum absolute atomic E-state index is 12.2. The van der Waals surface area contributed by atoms with E-state index < -0.39 is 36.7 Å². The number of amides is 2. The number of carboxylic acid groups (broad SMARTS) is 2. The van der Waals surface area contributed by atoms with Gasteiger partial charge in [0.15, 0.2) is 6.10 Å². The van der Waals surface area contributed by atoms with E-state index in [1.807, 2.05) is 0 Å². The Morgan fingerprint density at radius 2 is 1.75 bits per heavy atom. The molecule has 2 amide bonds. The summed E-state index contributed by atoms with van der Waals surface area (Å²) in [4.78, 5) is 35.4. The van der Waals surface area contributed by atoms with Crippen LogP contribution in [0.5, 0.6) is 0 Å². The first-order valence-electron chi connectivity index (χ1n) is 7.58. The Kier molecular flexibility index (Phi) is 7.70. The second-order valence-electron chi connectivity index (χ2n) is 5.33. The first-order valence-corrected chi connectivity index (χ1v) is 7.58. The molecule has 0 aliphatic carbocycles. The number of aliphatic carboxylic acids is 2. The average molecular weight is 338 g/mol. The van der Waals surface area contributed by atoms with Crippen molar-refractivity contribution in [2.75, 3.05) is 13.1 Å². The molecule has 1 rings (SSSR count). The molecule has 8 heteroatoms. The molecule has 0 aliphatic heterocycles. The van der Waals surface area contributed by atoms with Gasteiger partial charge in [-0.3, -0.25) is 0 Å². The summed E-state index contributed by atoms with van der Waals surface area (Å²) in [6.07, 6.45) is -1.08. The van der Waals surface area contributed by atoms with E-state index in [-0.39, 0.29) is 13.0 Å². The minimum Gasteiger partial charge on any atom is -0.480 e. The molecule has 132 valence electrons. The van der Waals surface area contributed by atoms with Crippen LogP contribution in [0.1, 0.15) is 18.9 Å². The average Bonchev–Trinajstić information content (AvgIpc) is 2.54. The van der Waals surface area contributed by atoms with Crippen LogP contribution in [-0.4, -0.2) is 63.4 Å². The minimum atomic E-state index is -1.72. The van der Waals surface area contributed by atoms with Gasteiger partial charge in [-0.25, -0.2) is 14.4 Å². The number of benzene rings is 1. The van der Waals surface area contributed by atoms with Crippen LogP contribution in [0.15, 0.2) is 30.3 Å². The minimum absolute atomic E-state index is 0.101. The SMILES string of the molecule is CCCN(CC(O)C(=O)O)C(=O)NC(Cc1ccccc1)C(=O)O. The van der Waals surface area contributed by atoms with Crippen LogP contribution in [-0.2, 0) is 16.0 Å². The van der Waals surface area contributed by atoms with Crippen LogP contribution in [0, 0.1) is 0 Å². The number of nitrogens with one attached hydrogen (secondary N) is 1. The molecule has 1 aromatic rings. The third kappa shape index (κ3) is 6.25. The molecule has 24 heavy (non-hydrogen) atoms. The molecule has 0 saturated carbocycles. The zero-order valence-electron chi connectivity index (χ0n) is 13.4. The summed E-state index contributed by atoms with van der Waals surface area (Å²) in [7, 11) is 0. The van der Waals surface area contributed by atoms with Crippen molar-refractivity contribution in [1.82, 2.24) is 10.2 Å². The highest BCUT2D eigenvalue weighted by Crippen LogP contribution is 2.05. The summed E-state index contributed by atoms with van der Waals surface area (Å²) in [6.45, 7) is 1.58. The number of carboxylic acids is 2. The second kappa shape index (κ2) is 9.51. The van der Waals surface area contributed by atoms with Gasteiger partial charge in [-0.1, -0.05) is 37.3 Å². The van der Waals surface area contributed by atoms with Crippen LogP contribution in [0.25, 0.3) is 0 Å². The van der Waals surface area contributed by atoms with E-state index in [9.17, 15) is 24.6 Å². The largest absolute Gasteiger partial charge is 0.480 e. The maximum atomic E-state index is 12.2. The Hall–Kier alpha value is -2.61. The monoisotopic (exact) mass is 338 g/mol. The molecule has 0 aliphatic rings. The molecular weight excluding hydrogens is 316 g/mol. The molecule has 1 aromatic carbocycles. The van der Waals surface area contributed by atoms with Gasteiger partial charge in [0.1, 0.15) is 6.04 Å². The summed E-state index contributed by atoms with van der Waals surface area (Å²) in [5, 5.41) is 29.8. The quantitative estimate of drug-likeness (QED) is 0.521. The van der Waals surface area contributed by atoms with Gasteiger partial charge in [0.05, 0.1) is 6.54 Å². The van der Waals surface area contributed by atoms with Crippen LogP contribution >= 0.6 is 0 Å². The van der Waals surface area contributed by atoms with Crippen molar-refractivity contribution < 1.29 is 29.7 Å². The van der Waals surface area contributed by atoms with Crippen molar-refractivity contribution in [2.24, 2.45) is 0 Å². The Labute approximate surface area is 139 Å². The van der Waals surface area contributed by atoms with Gasteiger partial charge in [-0.05, 0) is 12.0 Å². The summed E-state index contributed by atoms with van der Waals surface area (Å²) >= 11 is 0. The number of aliphatic hydroxyl groups is 1. The lowest BCUT2D eigenvalue weighted by Crippen LogP contribution is -2.51. The molecule has 0 bridgehead atoms. The summed E-state index contributed by atoms with van der Waals surface area (Å²) in [5.74, 6) is -2.63. The van der Waals surface area contributed by atoms with E-state index in [4.69, 9.17) is 5.11 Å². The number of aliphatic hydroxyl groups excluding tert-OH is 1. The smallest absolute Gasteiger partial charge is 0.334 e. The molecule has 2 unspecified atom stereocenters. The second-order valence-corrected chi connectivity index (χ2v) is 5.33. The van der Waals surface area contributed by atoms with E-state index in [1.165, 1.54) is 0 Å². The topological polar surface area (TPSA) is 127 Å². The van der Waals surface area contributed by atoms with Crippen molar-refractivity contribution >= 4 is 18.0 Å². The van der Waals surface area contributed by atoms with E-state index in [2.05, 4.69) is 5.32 Å². The third-order valence-electron chi connectivity index (χ3n) is 3.34. The van der Waals surface area contributed by atoms with Crippen molar-refractivity contribution in [1.29, 1.82) is 0 Å². The highest BCUT2D eigenvalue weighted by Gasteiger charge is 2.26. The lowest BCUT2D eigenvalue weighted by atomic mass is 10.1. The lowest BCUT2D eigenvalue weighted by molar-refractivity contribution is -0.147. The zero-order valence-corrected chi connectivity index (χ0v) is 13.4. The molecule has 0 radical (unpaired) electrons. The van der Waals surface area contributed by atoms with Crippen LogP contribution in [0.4, 0.5) is 4.79 Å². The van der Waals surface area contributed by atoms with Crippen molar-refractivity contribution in [3.8, 4) is 0 Å². The molecule has 8 nitrogen and oxygen atoms in total. The highest BCUT2D eigenvalue weighted by molar-refractivity contribution is 5.83. The maximum Gasteiger partial charge on any atom is 0.334 e. The van der Waals surface area contributed by atoms with Crippen LogP contribution in [0.2, 0.25) is 0 Å². The summed E-state index contributed by atoms with van der Waals surface area (Å²) < 4.78 is 0. The highest BCUT2D eigenvalue weighted by atomic mass is 16.4. The predicted molar refractivity (Wildman–Crippen MR) is 85.6 cm³/mol. The molecule has 4 N–H and O–H groups in total. The van der Waals surface area contributed by atoms with Gasteiger partial charge in [0.2, 0.25) is 0 Å². The Morgan fingerprint density at radius 1 is 1.12 bits per heavy atom. The molecular formula is C16H22N2O6. The number of carbonyl (C=O) groups excluding carboxylic acids is 1. The standard InChI is InChI=1S/C16H22N2O6/c1-2-8-18(10-13(19)15(22)23)16(24)17-12(14(20)21)9-11-6-4-3-5-7-11/h3-7,12-13,19H,2,8-10H2,1H3,(H,17,24)(H,20,21)(H,22,23). The van der Waals surface area contributed by atoms with Crippen LogP contribution in [0.3, 0.4) is 0 Å². The van der Waals surface area contributed by atoms with Crippen LogP contribution < -0.4 is 5.32 Å². The van der Waals surface area contributed by atoms with Crippen molar-refractivity contribution in [2.45, 2.75) is 31.9 Å². The number of carbonyl (C=O) groups is 3. The predicted octanol–water partition coefficient (Wildman–Crippen LogP) is 0.549. The number of nitrogens with zero attached hydrogens (tertiary/aromatic N) is 1. The number of urea groups is 1. The molecule has 0 fully saturated rings. The van der Waals surface area contributed by atoms with E-state index in [0.717, 1.165) is 10.5 Å². The van der Waals surface area contributed by atoms with Gasteiger partial charge in [-0.15, -0.1) is 0 Å². The van der Waals surface area contributed by atoms with Gasteiger partial charge in [0.25, 0.3) is 0 Å². The molecule has 0 aromatic heterocycles. The fraction of sp³-hybridized carbons (Fsp3) is 0.438. The fourth-order valence-electron chi connectivity index (χ4n) is 2.12. The van der Waals surface area contributed by atoms with Gasteiger partial charge in [-0.2, -0.15) is 0 Å². The van der Waals surface area contributed by atoms with Gasteiger partial charge >= 0.3 is 18.0 Å². The molecule has 0 heterocycles. The van der Waals surface area contributed by atoms with Crippen molar-refractivity contribution in [3.05, 3.63) is 35.9 Å². The normalized spacial score (nSPS) is 12.9. The number of rotatable bonds is 9. The van der Waals surface area contributed by atoms with E-state index in [0.29, 0.717) is 6.42 Å². The molecule has 0 saturated heterocycles. The van der Waals surface area contributed by atoms with Gasteiger partial charge < -0.3 is 25.5 Å². The zero-order chi connectivity index (χ0) is 18.1. The van der Waals surface area contributed by atoms with Gasteiger partial charge in [0, 0.05) is 13.0 Å². The molecule has 0 spiro atoms. The first kappa shape index (κ1) is 19.4. The number of hydrogen-bond donors (Lipinski definition) is 4. The lowest BCUT2D eigenvalue weighted by Gasteiger charge is -2.25. The Balaban J connectivity index is 2.76. The van der Waals surface area contributed by atoms with Crippen molar-refractivity contribution in [3.63, 3.8) is 0 Å².